The van der Waals surface area contributed by atoms with E-state index in [4.69, 9.17) is 9.47 Å². The Hall–Kier alpha value is -2.93. The highest BCUT2D eigenvalue weighted by molar-refractivity contribution is 7.90. The van der Waals surface area contributed by atoms with Crippen molar-refractivity contribution in [3.8, 4) is 0 Å². The maximum absolute atomic E-state index is 13.0. The zero-order valence-corrected chi connectivity index (χ0v) is 19.3. The summed E-state index contributed by atoms with van der Waals surface area (Å²) in [7, 11) is -4.04. The highest BCUT2D eigenvalue weighted by Gasteiger charge is 2.38. The fourth-order valence-electron chi connectivity index (χ4n) is 3.52. The second kappa shape index (κ2) is 11.1. The van der Waals surface area contributed by atoms with Crippen molar-refractivity contribution >= 4 is 21.7 Å². The predicted molar refractivity (Wildman–Crippen MR) is 124 cm³/mol. The lowest BCUT2D eigenvalue weighted by atomic mass is 10.0. The van der Waals surface area contributed by atoms with Crippen molar-refractivity contribution in [2.45, 2.75) is 57.0 Å². The summed E-state index contributed by atoms with van der Waals surface area (Å²) in [6.07, 6.45) is 4.32. The Morgan fingerprint density at radius 2 is 1.59 bits per heavy atom. The first-order valence-electron chi connectivity index (χ1n) is 10.9. The van der Waals surface area contributed by atoms with Crippen LogP contribution in [0.4, 0.5) is 0 Å². The molecule has 0 amide bonds. The third kappa shape index (κ3) is 5.85. The molecule has 1 aliphatic rings. The van der Waals surface area contributed by atoms with Gasteiger partial charge in [-0.3, -0.25) is 0 Å². The zero-order chi connectivity index (χ0) is 23.0. The summed E-state index contributed by atoms with van der Waals surface area (Å²) < 4.78 is 41.4. The van der Waals surface area contributed by atoms with Crippen LogP contribution < -0.4 is 0 Å². The van der Waals surface area contributed by atoms with Crippen LogP contribution in [0.1, 0.15) is 57.6 Å². The molecule has 0 fully saturated rings. The third-order valence-electron chi connectivity index (χ3n) is 5.20. The van der Waals surface area contributed by atoms with Crippen LogP contribution in [-0.4, -0.2) is 26.7 Å². The van der Waals surface area contributed by atoms with Crippen LogP contribution >= 0.6 is 0 Å². The van der Waals surface area contributed by atoms with Crippen molar-refractivity contribution in [3.63, 3.8) is 0 Å². The zero-order valence-electron chi connectivity index (χ0n) is 18.5. The molecule has 0 spiro atoms. The molecular weight excluding hydrogens is 426 g/mol. The van der Waals surface area contributed by atoms with Crippen molar-refractivity contribution in [1.82, 2.24) is 0 Å². The summed E-state index contributed by atoms with van der Waals surface area (Å²) in [5, 5.41) is 0. The minimum absolute atomic E-state index is 0.0486. The molecule has 1 heterocycles. The molecule has 1 aliphatic heterocycles. The molecule has 0 aromatic heterocycles. The predicted octanol–water partition coefficient (Wildman–Crippen LogP) is 5.38. The SMILES string of the molecule is CCCCCCCOC(=O)C1=C(C)OC(c2ccccc2)/C1=N\S(=O)(=O)c1ccccc1. The minimum Gasteiger partial charge on any atom is -0.483 e. The number of ether oxygens (including phenoxy) is 2. The van der Waals surface area contributed by atoms with Gasteiger partial charge in [-0.15, -0.1) is 0 Å². The molecule has 1 atom stereocenters. The van der Waals surface area contributed by atoms with Gasteiger partial charge in [-0.1, -0.05) is 81.1 Å². The van der Waals surface area contributed by atoms with Gasteiger partial charge in [-0.25, -0.2) is 4.79 Å². The molecule has 1 unspecified atom stereocenters. The second-order valence-corrected chi connectivity index (χ2v) is 9.26. The smallest absolute Gasteiger partial charge is 0.343 e. The number of esters is 1. The highest BCUT2D eigenvalue weighted by atomic mass is 32.2. The molecule has 6 nitrogen and oxygen atoms in total. The Morgan fingerprint density at radius 3 is 2.25 bits per heavy atom. The van der Waals surface area contributed by atoms with Crippen molar-refractivity contribution in [1.29, 1.82) is 0 Å². The largest absolute Gasteiger partial charge is 0.483 e. The topological polar surface area (TPSA) is 82.0 Å². The molecule has 0 radical (unpaired) electrons. The highest BCUT2D eigenvalue weighted by Crippen LogP contribution is 2.35. The van der Waals surface area contributed by atoms with Crippen LogP contribution in [0.3, 0.4) is 0 Å². The number of unbranched alkanes of at least 4 members (excludes halogenated alkanes) is 4. The second-order valence-electron chi connectivity index (χ2n) is 7.65. The normalized spacial score (nSPS) is 17.4. The van der Waals surface area contributed by atoms with Gasteiger partial charge in [0.25, 0.3) is 10.0 Å². The molecular formula is C25H29NO5S. The molecule has 0 saturated carbocycles. The number of nitrogens with zero attached hydrogens (tertiary/aromatic N) is 1. The first-order chi connectivity index (χ1) is 15.4. The molecule has 0 aliphatic carbocycles. The van der Waals surface area contributed by atoms with Gasteiger partial charge in [0, 0.05) is 0 Å². The monoisotopic (exact) mass is 455 g/mol. The van der Waals surface area contributed by atoms with Crippen LogP contribution in [0.15, 0.2) is 81.3 Å². The lowest BCUT2D eigenvalue weighted by Gasteiger charge is -2.14. The fourth-order valence-corrected chi connectivity index (χ4v) is 4.57. The molecule has 0 N–H and O–H groups in total. The van der Waals surface area contributed by atoms with E-state index in [1.165, 1.54) is 12.1 Å². The van der Waals surface area contributed by atoms with Gasteiger partial charge in [-0.05, 0) is 31.0 Å². The number of sulfonamides is 1. The molecule has 0 bridgehead atoms. The maximum Gasteiger partial charge on any atom is 0.343 e. The number of hydrogen-bond acceptors (Lipinski definition) is 5. The Labute approximate surface area is 190 Å². The van der Waals surface area contributed by atoms with E-state index >= 15 is 0 Å². The summed E-state index contributed by atoms with van der Waals surface area (Å²) in [6.45, 7) is 4.04. The Morgan fingerprint density at radius 1 is 0.969 bits per heavy atom. The number of benzene rings is 2. The number of carbonyl (C=O) groups excluding carboxylic acids is 1. The van der Waals surface area contributed by atoms with Gasteiger partial charge >= 0.3 is 5.97 Å². The number of hydrogen-bond donors (Lipinski definition) is 0. The van der Waals surface area contributed by atoms with Gasteiger partial charge in [0.15, 0.2) is 6.10 Å². The van der Waals surface area contributed by atoms with E-state index in [2.05, 4.69) is 11.3 Å². The van der Waals surface area contributed by atoms with Crippen LogP contribution in [0.2, 0.25) is 0 Å². The molecule has 2 aromatic carbocycles. The molecule has 0 saturated heterocycles. The van der Waals surface area contributed by atoms with E-state index in [0.717, 1.165) is 32.1 Å². The van der Waals surface area contributed by atoms with E-state index in [9.17, 15) is 13.2 Å². The first kappa shape index (κ1) is 23.7. The summed E-state index contributed by atoms with van der Waals surface area (Å²) >= 11 is 0. The van der Waals surface area contributed by atoms with Crippen LogP contribution in [0.25, 0.3) is 0 Å². The number of allylic oxidation sites excluding steroid dienone is 1. The Bertz CT molecular complexity index is 1080. The van der Waals surface area contributed by atoms with Crippen molar-refractivity contribution in [3.05, 3.63) is 77.6 Å². The van der Waals surface area contributed by atoms with Gasteiger partial charge in [0.1, 0.15) is 17.0 Å². The number of carbonyl (C=O) groups is 1. The molecule has 32 heavy (non-hydrogen) atoms. The van der Waals surface area contributed by atoms with Gasteiger partial charge in [-0.2, -0.15) is 12.8 Å². The standard InChI is InChI=1S/C25H29NO5S/c1-3-4-5-6-13-18-30-25(27)22-19(2)31-24(20-14-9-7-10-15-20)23(22)26-32(28,29)21-16-11-8-12-17-21/h7-12,14-17,24H,3-6,13,18H2,1-2H3/b26-23-. The van der Waals surface area contributed by atoms with Gasteiger partial charge < -0.3 is 9.47 Å². The Kier molecular flexibility index (Phi) is 8.22. The van der Waals surface area contributed by atoms with Gasteiger partial charge in [0.2, 0.25) is 0 Å². The summed E-state index contributed by atoms with van der Waals surface area (Å²) in [6, 6.07) is 17.0. The lowest BCUT2D eigenvalue weighted by molar-refractivity contribution is -0.138. The average Bonchev–Trinajstić information content (AvgIpc) is 3.12. The van der Waals surface area contributed by atoms with E-state index < -0.39 is 22.1 Å². The van der Waals surface area contributed by atoms with Crippen molar-refractivity contribution in [2.24, 2.45) is 4.40 Å². The quantitative estimate of drug-likeness (QED) is 0.355. The van der Waals surface area contributed by atoms with Crippen LogP contribution in [0.5, 0.6) is 0 Å². The summed E-state index contributed by atoms with van der Waals surface area (Å²) in [5.74, 6) is -0.310. The molecule has 170 valence electrons. The Balaban J connectivity index is 1.89. The van der Waals surface area contributed by atoms with Crippen molar-refractivity contribution in [2.75, 3.05) is 6.61 Å². The fraction of sp³-hybridized carbons (Fsp3) is 0.360. The van der Waals surface area contributed by atoms with Gasteiger partial charge in [0.05, 0.1) is 11.5 Å². The molecule has 3 rings (SSSR count). The first-order valence-corrected chi connectivity index (χ1v) is 12.4. The minimum atomic E-state index is -4.04. The van der Waals surface area contributed by atoms with Crippen molar-refractivity contribution < 1.29 is 22.7 Å². The number of rotatable bonds is 10. The van der Waals surface area contributed by atoms with Crippen LogP contribution in [0, 0.1) is 0 Å². The van der Waals surface area contributed by atoms with E-state index in [1.54, 1.807) is 25.1 Å². The van der Waals surface area contributed by atoms with E-state index in [1.807, 2.05) is 30.3 Å². The summed E-state index contributed by atoms with van der Waals surface area (Å²) in [4.78, 5) is 13.0. The van der Waals surface area contributed by atoms with Crippen LogP contribution in [-0.2, 0) is 24.3 Å². The average molecular weight is 456 g/mol. The third-order valence-corrected chi connectivity index (χ3v) is 6.50. The maximum atomic E-state index is 13.0. The van der Waals surface area contributed by atoms with E-state index in [0.29, 0.717) is 11.3 Å². The lowest BCUT2D eigenvalue weighted by Crippen LogP contribution is -2.20. The molecule has 2 aromatic rings. The van der Waals surface area contributed by atoms with E-state index in [-0.39, 0.29) is 22.8 Å². The molecule has 7 heteroatoms. The summed E-state index contributed by atoms with van der Waals surface area (Å²) in [5.41, 5.74) is 0.830.